The van der Waals surface area contributed by atoms with E-state index in [1.807, 2.05) is 17.0 Å². The Balaban J connectivity index is 1.70. The number of hydrogen-bond acceptors (Lipinski definition) is 2. The Kier molecular flexibility index (Phi) is 4.09. The van der Waals surface area contributed by atoms with Crippen LogP contribution in [-0.4, -0.2) is 24.5 Å². The molecule has 0 fully saturated rings. The van der Waals surface area contributed by atoms with Gasteiger partial charge in [0.15, 0.2) is 0 Å². The fourth-order valence-corrected chi connectivity index (χ4v) is 2.76. The zero-order valence-electron chi connectivity index (χ0n) is 12.5. The number of carbonyl (C=O) groups excluding carboxylic acids is 1. The molecule has 1 heterocycles. The van der Waals surface area contributed by atoms with Crippen molar-refractivity contribution in [3.8, 4) is 5.75 Å². The van der Waals surface area contributed by atoms with Crippen LogP contribution in [0, 0.1) is 5.82 Å². The molecule has 114 valence electrons. The predicted octanol–water partition coefficient (Wildman–Crippen LogP) is 2.96. The Labute approximate surface area is 129 Å². The van der Waals surface area contributed by atoms with E-state index in [0.717, 1.165) is 29.8 Å². The van der Waals surface area contributed by atoms with E-state index in [9.17, 15) is 9.18 Å². The molecule has 22 heavy (non-hydrogen) atoms. The van der Waals surface area contributed by atoms with E-state index in [-0.39, 0.29) is 11.7 Å². The highest BCUT2D eigenvalue weighted by atomic mass is 19.1. The average molecular weight is 299 g/mol. The highest BCUT2D eigenvalue weighted by Gasteiger charge is 2.21. The summed E-state index contributed by atoms with van der Waals surface area (Å²) in [5, 5.41) is 0. The second kappa shape index (κ2) is 6.18. The van der Waals surface area contributed by atoms with Crippen LogP contribution in [0.25, 0.3) is 0 Å². The van der Waals surface area contributed by atoms with Crippen molar-refractivity contribution in [3.63, 3.8) is 0 Å². The number of carbonyl (C=O) groups is 1. The quantitative estimate of drug-likeness (QED) is 0.872. The molecule has 0 saturated heterocycles. The molecule has 0 radical (unpaired) electrons. The van der Waals surface area contributed by atoms with Gasteiger partial charge in [-0.2, -0.15) is 0 Å². The normalized spacial score (nSPS) is 13.6. The van der Waals surface area contributed by atoms with E-state index < -0.39 is 0 Å². The van der Waals surface area contributed by atoms with Crippen LogP contribution < -0.4 is 4.74 Å². The van der Waals surface area contributed by atoms with Crippen LogP contribution in [0.3, 0.4) is 0 Å². The summed E-state index contributed by atoms with van der Waals surface area (Å²) in [4.78, 5) is 14.3. The molecule has 3 rings (SSSR count). The van der Waals surface area contributed by atoms with Crippen molar-refractivity contribution < 1.29 is 13.9 Å². The van der Waals surface area contributed by atoms with E-state index >= 15 is 0 Å². The largest absolute Gasteiger partial charge is 0.497 e. The van der Waals surface area contributed by atoms with E-state index in [1.54, 1.807) is 19.2 Å². The maximum absolute atomic E-state index is 12.9. The van der Waals surface area contributed by atoms with Gasteiger partial charge in [-0.05, 0) is 47.4 Å². The van der Waals surface area contributed by atoms with Gasteiger partial charge < -0.3 is 9.64 Å². The van der Waals surface area contributed by atoms with Crippen LogP contribution >= 0.6 is 0 Å². The lowest BCUT2D eigenvalue weighted by atomic mass is 9.99. The van der Waals surface area contributed by atoms with Gasteiger partial charge in [-0.3, -0.25) is 4.79 Å². The second-order valence-corrected chi connectivity index (χ2v) is 5.50. The molecule has 1 amide bonds. The summed E-state index contributed by atoms with van der Waals surface area (Å²) in [6.07, 6.45) is 1.16. The Morgan fingerprint density at radius 1 is 1.18 bits per heavy atom. The predicted molar refractivity (Wildman–Crippen MR) is 82.2 cm³/mol. The number of ether oxygens (including phenoxy) is 1. The SMILES string of the molecule is COc1ccc2c(c1)CN(C(=O)Cc1ccc(F)cc1)CC2. The molecule has 0 bridgehead atoms. The van der Waals surface area contributed by atoms with E-state index in [0.29, 0.717) is 13.0 Å². The first-order valence-corrected chi connectivity index (χ1v) is 7.34. The molecule has 1 aliphatic heterocycles. The van der Waals surface area contributed by atoms with Crippen LogP contribution in [0.5, 0.6) is 5.75 Å². The number of fused-ring (bicyclic) bond motifs is 1. The lowest BCUT2D eigenvalue weighted by Crippen LogP contribution is -2.36. The number of nitrogens with zero attached hydrogens (tertiary/aromatic N) is 1. The van der Waals surface area contributed by atoms with Gasteiger partial charge in [0.1, 0.15) is 11.6 Å². The third-order valence-electron chi connectivity index (χ3n) is 4.05. The van der Waals surface area contributed by atoms with Crippen molar-refractivity contribution in [1.82, 2.24) is 4.90 Å². The minimum Gasteiger partial charge on any atom is -0.497 e. The average Bonchev–Trinajstić information content (AvgIpc) is 2.55. The summed E-state index contributed by atoms with van der Waals surface area (Å²) in [6, 6.07) is 12.1. The molecule has 0 spiro atoms. The second-order valence-electron chi connectivity index (χ2n) is 5.50. The lowest BCUT2D eigenvalue weighted by Gasteiger charge is -2.29. The van der Waals surface area contributed by atoms with Crippen molar-refractivity contribution in [3.05, 3.63) is 65.0 Å². The Bertz CT molecular complexity index is 682. The first-order valence-electron chi connectivity index (χ1n) is 7.34. The van der Waals surface area contributed by atoms with Crippen molar-refractivity contribution in [2.24, 2.45) is 0 Å². The fraction of sp³-hybridized carbons (Fsp3) is 0.278. The van der Waals surface area contributed by atoms with Crippen molar-refractivity contribution in [1.29, 1.82) is 0 Å². The van der Waals surface area contributed by atoms with Crippen molar-refractivity contribution in [2.45, 2.75) is 19.4 Å². The summed E-state index contributed by atoms with van der Waals surface area (Å²) in [6.45, 7) is 1.33. The van der Waals surface area contributed by atoms with E-state index in [1.165, 1.54) is 17.7 Å². The lowest BCUT2D eigenvalue weighted by molar-refractivity contribution is -0.131. The van der Waals surface area contributed by atoms with Crippen molar-refractivity contribution >= 4 is 5.91 Å². The van der Waals surface area contributed by atoms with Gasteiger partial charge in [0, 0.05) is 13.1 Å². The topological polar surface area (TPSA) is 29.5 Å². The van der Waals surface area contributed by atoms with E-state index in [2.05, 4.69) is 6.07 Å². The molecule has 1 aliphatic rings. The molecule has 0 aliphatic carbocycles. The third-order valence-corrected chi connectivity index (χ3v) is 4.05. The molecule has 0 aromatic heterocycles. The zero-order chi connectivity index (χ0) is 15.5. The third kappa shape index (κ3) is 3.11. The fourth-order valence-electron chi connectivity index (χ4n) is 2.76. The molecule has 0 N–H and O–H groups in total. The van der Waals surface area contributed by atoms with Crippen LogP contribution in [0.2, 0.25) is 0 Å². The van der Waals surface area contributed by atoms with Gasteiger partial charge in [-0.1, -0.05) is 18.2 Å². The Hall–Kier alpha value is -2.36. The van der Waals surface area contributed by atoms with Gasteiger partial charge in [-0.15, -0.1) is 0 Å². The molecule has 4 heteroatoms. The van der Waals surface area contributed by atoms with Crippen LogP contribution in [-0.2, 0) is 24.2 Å². The van der Waals surface area contributed by atoms with Gasteiger partial charge in [0.25, 0.3) is 0 Å². The number of halogens is 1. The smallest absolute Gasteiger partial charge is 0.227 e. The molecule has 3 nitrogen and oxygen atoms in total. The van der Waals surface area contributed by atoms with Crippen molar-refractivity contribution in [2.75, 3.05) is 13.7 Å². The number of rotatable bonds is 3. The summed E-state index contributed by atoms with van der Waals surface area (Å²) in [5.41, 5.74) is 3.24. The molecule has 2 aromatic rings. The Morgan fingerprint density at radius 2 is 1.95 bits per heavy atom. The number of amides is 1. The molecular weight excluding hydrogens is 281 g/mol. The molecular formula is C18H18FNO2. The maximum Gasteiger partial charge on any atom is 0.227 e. The zero-order valence-corrected chi connectivity index (χ0v) is 12.5. The Morgan fingerprint density at radius 3 is 2.68 bits per heavy atom. The van der Waals surface area contributed by atoms with Gasteiger partial charge >= 0.3 is 0 Å². The minimum atomic E-state index is -0.282. The standard InChI is InChI=1S/C18H18FNO2/c1-22-17-7-4-14-8-9-20(12-15(14)11-17)18(21)10-13-2-5-16(19)6-3-13/h2-7,11H,8-10,12H2,1H3. The molecule has 0 saturated carbocycles. The summed E-state index contributed by atoms with van der Waals surface area (Å²) in [5.74, 6) is 0.599. The molecule has 0 unspecified atom stereocenters. The summed E-state index contributed by atoms with van der Waals surface area (Å²) >= 11 is 0. The van der Waals surface area contributed by atoms with Crippen LogP contribution in [0.1, 0.15) is 16.7 Å². The van der Waals surface area contributed by atoms with Gasteiger partial charge in [0.05, 0.1) is 13.5 Å². The maximum atomic E-state index is 12.9. The first kappa shape index (κ1) is 14.6. The number of hydrogen-bond donors (Lipinski definition) is 0. The van der Waals surface area contributed by atoms with Gasteiger partial charge in [-0.25, -0.2) is 4.39 Å². The minimum absolute atomic E-state index is 0.0695. The summed E-state index contributed by atoms with van der Waals surface area (Å²) < 4.78 is 18.2. The van der Waals surface area contributed by atoms with Gasteiger partial charge in [0.2, 0.25) is 5.91 Å². The number of benzene rings is 2. The number of methoxy groups -OCH3 is 1. The van der Waals surface area contributed by atoms with Crippen LogP contribution in [0.15, 0.2) is 42.5 Å². The summed E-state index contributed by atoms with van der Waals surface area (Å²) in [7, 11) is 1.64. The van der Waals surface area contributed by atoms with Crippen LogP contribution in [0.4, 0.5) is 4.39 Å². The van der Waals surface area contributed by atoms with E-state index in [4.69, 9.17) is 4.74 Å². The highest BCUT2D eigenvalue weighted by Crippen LogP contribution is 2.24. The molecule has 0 atom stereocenters. The first-order chi connectivity index (χ1) is 10.7. The highest BCUT2D eigenvalue weighted by molar-refractivity contribution is 5.79. The molecule has 2 aromatic carbocycles. The monoisotopic (exact) mass is 299 g/mol.